The third kappa shape index (κ3) is 3.84. The highest BCUT2D eigenvalue weighted by molar-refractivity contribution is 9.10. The molecule has 0 unspecified atom stereocenters. The van der Waals surface area contributed by atoms with E-state index in [0.29, 0.717) is 17.6 Å². The molecule has 0 atom stereocenters. The summed E-state index contributed by atoms with van der Waals surface area (Å²) >= 11 is 4.86. The number of thioether (sulfide) groups is 1. The molecule has 1 aromatic heterocycles. The number of halogens is 1. The number of hydrogen-bond donors (Lipinski definition) is 0. The zero-order chi connectivity index (χ0) is 13.7. The Balaban J connectivity index is 2.05. The Morgan fingerprint density at radius 3 is 2.63 bits per heavy atom. The van der Waals surface area contributed by atoms with E-state index in [1.165, 1.54) is 11.8 Å². The number of aromatic nitrogens is 2. The van der Waals surface area contributed by atoms with Crippen molar-refractivity contribution >= 4 is 27.7 Å². The van der Waals surface area contributed by atoms with Crippen LogP contribution in [0.3, 0.4) is 0 Å². The van der Waals surface area contributed by atoms with Crippen molar-refractivity contribution in [2.45, 2.75) is 11.8 Å². The lowest BCUT2D eigenvalue weighted by molar-refractivity contribution is 0.288. The Labute approximate surface area is 124 Å². The molecular formula is C13H13BrN2O2S. The van der Waals surface area contributed by atoms with Gasteiger partial charge in [0.2, 0.25) is 5.88 Å². The average molecular weight is 341 g/mol. The van der Waals surface area contributed by atoms with Crippen LogP contribution in [0.15, 0.2) is 40.1 Å². The fourth-order valence-electron chi connectivity index (χ4n) is 1.41. The summed E-state index contributed by atoms with van der Waals surface area (Å²) in [6.45, 7) is 0.452. The van der Waals surface area contributed by atoms with E-state index in [1.807, 2.05) is 30.5 Å². The number of hydrogen-bond acceptors (Lipinski definition) is 5. The highest BCUT2D eigenvalue weighted by Crippen LogP contribution is 2.24. The van der Waals surface area contributed by atoms with E-state index in [1.54, 1.807) is 13.3 Å². The lowest BCUT2D eigenvalue weighted by atomic mass is 10.2. The second-order valence-electron chi connectivity index (χ2n) is 3.65. The molecule has 0 aliphatic carbocycles. The van der Waals surface area contributed by atoms with Crippen LogP contribution in [0.5, 0.6) is 11.6 Å². The molecule has 0 bridgehead atoms. The number of ether oxygens (including phenoxy) is 2. The van der Waals surface area contributed by atoms with Gasteiger partial charge in [-0.3, -0.25) is 0 Å². The molecule has 1 aromatic carbocycles. The summed E-state index contributed by atoms with van der Waals surface area (Å²) in [6.07, 6.45) is 3.62. The molecule has 0 radical (unpaired) electrons. The van der Waals surface area contributed by atoms with Gasteiger partial charge in [0.25, 0.3) is 0 Å². The van der Waals surface area contributed by atoms with E-state index in [9.17, 15) is 0 Å². The van der Waals surface area contributed by atoms with Gasteiger partial charge in [0, 0.05) is 6.20 Å². The van der Waals surface area contributed by atoms with Crippen LogP contribution < -0.4 is 9.47 Å². The minimum absolute atomic E-state index is 0.452. The fourth-order valence-corrected chi connectivity index (χ4v) is 2.05. The van der Waals surface area contributed by atoms with Crippen LogP contribution in [0.25, 0.3) is 0 Å². The molecule has 2 aromatic rings. The van der Waals surface area contributed by atoms with Crippen molar-refractivity contribution in [2.75, 3.05) is 13.4 Å². The SMILES string of the molecule is COc1ccc(COc2nc(SC)ncc2Br)cc1. The molecule has 0 amide bonds. The minimum atomic E-state index is 0.452. The zero-order valence-corrected chi connectivity index (χ0v) is 13.0. The lowest BCUT2D eigenvalue weighted by Crippen LogP contribution is -1.99. The first-order valence-electron chi connectivity index (χ1n) is 5.55. The zero-order valence-electron chi connectivity index (χ0n) is 10.6. The van der Waals surface area contributed by atoms with Crippen molar-refractivity contribution < 1.29 is 9.47 Å². The second kappa shape index (κ2) is 6.77. The van der Waals surface area contributed by atoms with Gasteiger partial charge in [-0.05, 0) is 39.9 Å². The van der Waals surface area contributed by atoms with Crippen molar-refractivity contribution in [1.82, 2.24) is 9.97 Å². The molecule has 1 heterocycles. The Bertz CT molecular complexity index is 549. The Morgan fingerprint density at radius 2 is 2.00 bits per heavy atom. The molecule has 19 heavy (non-hydrogen) atoms. The van der Waals surface area contributed by atoms with Gasteiger partial charge in [-0.15, -0.1) is 0 Å². The largest absolute Gasteiger partial charge is 0.497 e. The van der Waals surface area contributed by atoms with Crippen LogP contribution in [0.2, 0.25) is 0 Å². The standard InChI is InChI=1S/C13H13BrN2O2S/c1-17-10-5-3-9(4-6-10)8-18-12-11(14)7-15-13(16-12)19-2/h3-7H,8H2,1-2H3. The molecule has 6 heteroatoms. The van der Waals surface area contributed by atoms with E-state index in [2.05, 4.69) is 25.9 Å². The molecule has 4 nitrogen and oxygen atoms in total. The smallest absolute Gasteiger partial charge is 0.232 e. The molecule has 0 spiro atoms. The van der Waals surface area contributed by atoms with Gasteiger partial charge >= 0.3 is 0 Å². The van der Waals surface area contributed by atoms with Gasteiger partial charge in [0.1, 0.15) is 12.4 Å². The predicted octanol–water partition coefficient (Wildman–Crippen LogP) is 3.55. The quantitative estimate of drug-likeness (QED) is 0.615. The number of nitrogens with zero attached hydrogens (tertiary/aromatic N) is 2. The van der Waals surface area contributed by atoms with Gasteiger partial charge in [-0.2, -0.15) is 4.98 Å². The average Bonchev–Trinajstić information content (AvgIpc) is 2.47. The summed E-state index contributed by atoms with van der Waals surface area (Å²) < 4.78 is 11.5. The van der Waals surface area contributed by atoms with E-state index >= 15 is 0 Å². The molecule has 0 saturated heterocycles. The highest BCUT2D eigenvalue weighted by atomic mass is 79.9. The van der Waals surface area contributed by atoms with Crippen LogP contribution in [0.4, 0.5) is 0 Å². The summed E-state index contributed by atoms with van der Waals surface area (Å²) in [7, 11) is 1.65. The number of benzene rings is 1. The van der Waals surface area contributed by atoms with Crippen molar-refractivity contribution in [3.8, 4) is 11.6 Å². The van der Waals surface area contributed by atoms with E-state index in [4.69, 9.17) is 9.47 Å². The monoisotopic (exact) mass is 340 g/mol. The van der Waals surface area contributed by atoms with Crippen molar-refractivity contribution in [3.63, 3.8) is 0 Å². The van der Waals surface area contributed by atoms with Crippen LogP contribution in [0, 0.1) is 0 Å². The Hall–Kier alpha value is -1.27. The summed E-state index contributed by atoms with van der Waals surface area (Å²) in [5.74, 6) is 1.38. The maximum Gasteiger partial charge on any atom is 0.232 e. The predicted molar refractivity (Wildman–Crippen MR) is 78.8 cm³/mol. The first-order chi connectivity index (χ1) is 9.22. The molecule has 0 saturated carbocycles. The third-order valence-corrected chi connectivity index (χ3v) is 3.51. The third-order valence-electron chi connectivity index (χ3n) is 2.41. The summed E-state index contributed by atoms with van der Waals surface area (Å²) in [5, 5.41) is 0.688. The van der Waals surface area contributed by atoms with Crippen molar-refractivity contribution in [3.05, 3.63) is 40.5 Å². The molecular weight excluding hydrogens is 328 g/mol. The maximum atomic E-state index is 5.69. The van der Waals surface area contributed by atoms with Gasteiger partial charge in [-0.1, -0.05) is 23.9 Å². The molecule has 100 valence electrons. The number of rotatable bonds is 5. The van der Waals surface area contributed by atoms with Crippen LogP contribution in [-0.2, 0) is 6.61 Å². The second-order valence-corrected chi connectivity index (χ2v) is 5.27. The van der Waals surface area contributed by atoms with Crippen LogP contribution >= 0.6 is 27.7 Å². The fraction of sp³-hybridized carbons (Fsp3) is 0.231. The van der Waals surface area contributed by atoms with E-state index < -0.39 is 0 Å². The summed E-state index contributed by atoms with van der Waals surface area (Å²) in [6, 6.07) is 7.73. The molecule has 0 aliphatic heterocycles. The Kier molecular flexibility index (Phi) is 5.04. The van der Waals surface area contributed by atoms with Gasteiger partial charge in [0.05, 0.1) is 11.6 Å². The number of methoxy groups -OCH3 is 1. The topological polar surface area (TPSA) is 44.2 Å². The maximum absolute atomic E-state index is 5.69. The van der Waals surface area contributed by atoms with Crippen molar-refractivity contribution in [2.24, 2.45) is 0 Å². The lowest BCUT2D eigenvalue weighted by Gasteiger charge is -2.08. The first kappa shape index (κ1) is 14.1. The molecule has 0 N–H and O–H groups in total. The molecule has 0 aliphatic rings. The summed E-state index contributed by atoms with van der Waals surface area (Å²) in [5.41, 5.74) is 1.05. The first-order valence-corrected chi connectivity index (χ1v) is 7.57. The van der Waals surface area contributed by atoms with E-state index in [-0.39, 0.29) is 0 Å². The van der Waals surface area contributed by atoms with Crippen LogP contribution in [0.1, 0.15) is 5.56 Å². The molecule has 2 rings (SSSR count). The molecule has 0 fully saturated rings. The van der Waals surface area contributed by atoms with Gasteiger partial charge in [-0.25, -0.2) is 4.98 Å². The highest BCUT2D eigenvalue weighted by Gasteiger charge is 2.06. The summed E-state index contributed by atoms with van der Waals surface area (Å²) in [4.78, 5) is 8.44. The van der Waals surface area contributed by atoms with Gasteiger partial charge < -0.3 is 9.47 Å². The van der Waals surface area contributed by atoms with E-state index in [0.717, 1.165) is 15.8 Å². The van der Waals surface area contributed by atoms with Crippen LogP contribution in [-0.4, -0.2) is 23.3 Å². The van der Waals surface area contributed by atoms with Crippen molar-refractivity contribution in [1.29, 1.82) is 0 Å². The normalized spacial score (nSPS) is 10.3. The Morgan fingerprint density at radius 1 is 1.26 bits per heavy atom. The minimum Gasteiger partial charge on any atom is -0.497 e. The van der Waals surface area contributed by atoms with Gasteiger partial charge in [0.15, 0.2) is 5.16 Å².